The van der Waals surface area contributed by atoms with Crippen molar-refractivity contribution in [1.29, 1.82) is 5.41 Å². The number of aliphatic imine (C=N–C) groups is 1. The summed E-state index contributed by atoms with van der Waals surface area (Å²) in [5.74, 6) is -0.754. The maximum Gasteiger partial charge on any atom is 0.271 e. The summed E-state index contributed by atoms with van der Waals surface area (Å²) < 4.78 is 0. The minimum Gasteiger partial charge on any atom is -0.384 e. The van der Waals surface area contributed by atoms with Crippen LogP contribution in [0.1, 0.15) is 58.4 Å². The Morgan fingerprint density at radius 2 is 1.91 bits per heavy atom. The molecule has 0 aromatic heterocycles. The van der Waals surface area contributed by atoms with E-state index in [9.17, 15) is 14.7 Å². The summed E-state index contributed by atoms with van der Waals surface area (Å²) in [4.78, 5) is 32.1. The molecule has 2 fully saturated rings. The van der Waals surface area contributed by atoms with Gasteiger partial charge in [-0.25, -0.2) is 4.99 Å². The highest BCUT2D eigenvalue weighted by Gasteiger charge is 2.50. The predicted octanol–water partition coefficient (Wildman–Crippen LogP) is 4.09. The second-order valence-electron chi connectivity index (χ2n) is 9.87. The Balaban J connectivity index is 1.74. The van der Waals surface area contributed by atoms with Crippen LogP contribution in [0.4, 0.5) is 0 Å². The molecule has 3 atom stereocenters. The minimum absolute atomic E-state index is 0.0121. The Morgan fingerprint density at radius 3 is 2.53 bits per heavy atom. The second-order valence-corrected chi connectivity index (χ2v) is 10.3. The van der Waals surface area contributed by atoms with Crippen molar-refractivity contribution < 1.29 is 14.7 Å². The highest BCUT2D eigenvalue weighted by molar-refractivity contribution is 6.60. The van der Waals surface area contributed by atoms with Crippen LogP contribution in [0.5, 0.6) is 0 Å². The number of allylic oxidation sites excluding steroid dienone is 1. The zero-order valence-electron chi connectivity index (χ0n) is 20.2. The number of halogens is 1. The monoisotopic (exact) mass is 486 g/mol. The van der Waals surface area contributed by atoms with Gasteiger partial charge in [0.2, 0.25) is 5.91 Å². The minimum atomic E-state index is -1.07. The van der Waals surface area contributed by atoms with Gasteiger partial charge in [-0.3, -0.25) is 9.59 Å². The third-order valence-corrected chi connectivity index (χ3v) is 7.47. The zero-order valence-corrected chi connectivity index (χ0v) is 20.9. The maximum atomic E-state index is 13.6. The van der Waals surface area contributed by atoms with Crippen LogP contribution in [-0.4, -0.2) is 52.9 Å². The molecule has 1 heterocycles. The molecule has 2 amide bonds. The third kappa shape index (κ3) is 5.41. The molecule has 1 saturated carbocycles. The van der Waals surface area contributed by atoms with Crippen molar-refractivity contribution in [3.05, 3.63) is 47.1 Å². The van der Waals surface area contributed by atoms with E-state index in [-0.39, 0.29) is 23.6 Å². The van der Waals surface area contributed by atoms with E-state index in [1.165, 1.54) is 6.20 Å². The van der Waals surface area contributed by atoms with Gasteiger partial charge in [0.15, 0.2) is 0 Å². The number of likely N-dealkylation sites (tertiary alicyclic amines) is 1. The molecule has 3 N–H and O–H groups in total. The van der Waals surface area contributed by atoms with Crippen LogP contribution < -0.4 is 5.32 Å². The standard InChI is InChI=1S/C26H35ClN4O3/c1-4-14-29-22(16-28)23(32)30-21-8-6-5-7-20(21)24(33)31-15-13-26(34,25(2,3)17-31)18-9-11-19(27)12-10-18/h4,9-12,14,16,20-21,28,34H,5-8,13,15,17H2,1-3H3,(H,30,32)/b14-4-,28-16?,29-22+/t20-,21+,26-/m0/s1. The van der Waals surface area contributed by atoms with E-state index in [2.05, 4.69) is 10.3 Å². The van der Waals surface area contributed by atoms with E-state index in [1.54, 1.807) is 25.1 Å². The van der Waals surface area contributed by atoms with Gasteiger partial charge in [0.1, 0.15) is 5.71 Å². The third-order valence-electron chi connectivity index (χ3n) is 7.21. The number of nitrogens with zero attached hydrogens (tertiary/aromatic N) is 2. The van der Waals surface area contributed by atoms with Gasteiger partial charge in [-0.2, -0.15) is 0 Å². The Kier molecular flexibility index (Phi) is 8.31. The Labute approximate surface area is 206 Å². The van der Waals surface area contributed by atoms with E-state index in [0.29, 0.717) is 37.4 Å². The van der Waals surface area contributed by atoms with Crippen molar-refractivity contribution in [2.24, 2.45) is 16.3 Å². The van der Waals surface area contributed by atoms with E-state index in [1.807, 2.05) is 30.9 Å². The molecule has 1 aliphatic carbocycles. The lowest BCUT2D eigenvalue weighted by Crippen LogP contribution is -2.59. The number of rotatable bonds is 6. The number of amides is 2. The molecule has 0 spiro atoms. The number of nitrogens with one attached hydrogen (secondary N) is 2. The van der Waals surface area contributed by atoms with Crippen LogP contribution in [0, 0.1) is 16.7 Å². The molecule has 184 valence electrons. The van der Waals surface area contributed by atoms with Crippen LogP contribution in [0.3, 0.4) is 0 Å². The van der Waals surface area contributed by atoms with E-state index in [4.69, 9.17) is 17.0 Å². The molecule has 1 saturated heterocycles. The van der Waals surface area contributed by atoms with Gasteiger partial charge in [-0.1, -0.05) is 56.5 Å². The summed E-state index contributed by atoms with van der Waals surface area (Å²) in [5.41, 5.74) is -0.830. The first-order valence-corrected chi connectivity index (χ1v) is 12.3. The fourth-order valence-electron chi connectivity index (χ4n) is 5.16. The topological polar surface area (TPSA) is 106 Å². The molecule has 34 heavy (non-hydrogen) atoms. The van der Waals surface area contributed by atoms with Crippen molar-refractivity contribution in [3.8, 4) is 0 Å². The molecule has 2 aliphatic rings. The molecule has 1 aliphatic heterocycles. The van der Waals surface area contributed by atoms with Gasteiger partial charge >= 0.3 is 0 Å². The fourth-order valence-corrected chi connectivity index (χ4v) is 5.29. The lowest BCUT2D eigenvalue weighted by Gasteiger charge is -2.51. The Morgan fingerprint density at radius 1 is 1.24 bits per heavy atom. The molecule has 8 heteroatoms. The number of piperidine rings is 1. The largest absolute Gasteiger partial charge is 0.384 e. The van der Waals surface area contributed by atoms with Crippen molar-refractivity contribution in [1.82, 2.24) is 10.2 Å². The number of aliphatic hydroxyl groups is 1. The van der Waals surface area contributed by atoms with Gasteiger partial charge in [-0.15, -0.1) is 0 Å². The van der Waals surface area contributed by atoms with Gasteiger partial charge in [0, 0.05) is 42.0 Å². The highest BCUT2D eigenvalue weighted by atomic mass is 35.5. The highest BCUT2D eigenvalue weighted by Crippen LogP contribution is 2.46. The van der Waals surface area contributed by atoms with Crippen molar-refractivity contribution in [2.45, 2.75) is 64.5 Å². The number of carbonyl (C=O) groups is 2. The molecular weight excluding hydrogens is 452 g/mol. The predicted molar refractivity (Wildman–Crippen MR) is 135 cm³/mol. The molecule has 0 radical (unpaired) electrons. The van der Waals surface area contributed by atoms with E-state index >= 15 is 0 Å². The van der Waals surface area contributed by atoms with Crippen molar-refractivity contribution >= 4 is 35.3 Å². The first-order valence-electron chi connectivity index (χ1n) is 11.9. The van der Waals surface area contributed by atoms with Crippen LogP contribution in [0.2, 0.25) is 5.02 Å². The summed E-state index contributed by atoms with van der Waals surface area (Å²) in [6.45, 7) is 6.60. The number of hydrogen-bond donors (Lipinski definition) is 3. The lowest BCUT2D eigenvalue weighted by molar-refractivity contribution is -0.158. The molecule has 1 aromatic rings. The molecule has 3 rings (SSSR count). The lowest BCUT2D eigenvalue weighted by atomic mass is 9.66. The zero-order chi connectivity index (χ0) is 24.9. The number of benzene rings is 1. The van der Waals surface area contributed by atoms with Crippen molar-refractivity contribution in [3.63, 3.8) is 0 Å². The summed E-state index contributed by atoms with van der Waals surface area (Å²) in [7, 11) is 0. The van der Waals surface area contributed by atoms with Gasteiger partial charge in [0.05, 0.1) is 11.5 Å². The summed E-state index contributed by atoms with van der Waals surface area (Å²) in [5, 5.41) is 22.7. The summed E-state index contributed by atoms with van der Waals surface area (Å²) in [6, 6.07) is 6.96. The Bertz CT molecular complexity index is 973. The molecule has 0 bridgehead atoms. The van der Waals surface area contributed by atoms with Gasteiger partial charge in [0.25, 0.3) is 5.91 Å². The Hall–Kier alpha value is -2.51. The second kappa shape index (κ2) is 10.8. The summed E-state index contributed by atoms with van der Waals surface area (Å²) in [6.07, 6.45) is 7.79. The molecule has 7 nitrogen and oxygen atoms in total. The van der Waals surface area contributed by atoms with Crippen LogP contribution in [0.25, 0.3) is 0 Å². The van der Waals surface area contributed by atoms with Gasteiger partial charge < -0.3 is 20.7 Å². The normalized spacial score (nSPS) is 27.4. The average Bonchev–Trinajstić information content (AvgIpc) is 2.81. The van der Waals surface area contributed by atoms with E-state index < -0.39 is 16.9 Å². The maximum absolute atomic E-state index is 13.6. The molecule has 0 unspecified atom stereocenters. The first kappa shape index (κ1) is 26.1. The quantitative estimate of drug-likeness (QED) is 0.527. The molecule has 1 aromatic carbocycles. The van der Waals surface area contributed by atoms with E-state index in [0.717, 1.165) is 24.6 Å². The summed E-state index contributed by atoms with van der Waals surface area (Å²) >= 11 is 6.03. The number of hydrogen-bond acceptors (Lipinski definition) is 5. The van der Waals surface area contributed by atoms with Crippen molar-refractivity contribution in [2.75, 3.05) is 13.1 Å². The SMILES string of the molecule is C/C=C\N=C(/C=N)C(=O)N[C@@H]1CCCC[C@@H]1C(=O)N1CC[C@](O)(c2ccc(Cl)cc2)C(C)(C)C1. The van der Waals surface area contributed by atoms with Gasteiger partial charge in [-0.05, 0) is 43.9 Å². The smallest absolute Gasteiger partial charge is 0.271 e. The van der Waals surface area contributed by atoms with Crippen LogP contribution >= 0.6 is 11.6 Å². The van der Waals surface area contributed by atoms with Crippen LogP contribution in [0.15, 0.2) is 41.5 Å². The van der Waals surface area contributed by atoms with Crippen LogP contribution in [-0.2, 0) is 15.2 Å². The fraction of sp³-hybridized carbons (Fsp3) is 0.538. The number of carbonyl (C=O) groups excluding carboxylic acids is 2. The first-order chi connectivity index (χ1) is 16.1. The average molecular weight is 487 g/mol. The molecular formula is C26H35ClN4O3.